The van der Waals surface area contributed by atoms with E-state index in [0.29, 0.717) is 6.04 Å². The summed E-state index contributed by atoms with van der Waals surface area (Å²) in [5.41, 5.74) is 3.96. The number of rotatable bonds is 3. The Labute approximate surface area is 142 Å². The van der Waals surface area contributed by atoms with Gasteiger partial charge in [0.15, 0.2) is 0 Å². The molecule has 4 rings (SSSR count). The summed E-state index contributed by atoms with van der Waals surface area (Å²) in [5.74, 6) is 0.283. The highest BCUT2D eigenvalue weighted by Crippen LogP contribution is 2.36. The summed E-state index contributed by atoms with van der Waals surface area (Å²) in [6, 6.07) is 20.4. The minimum absolute atomic E-state index is 0.283. The van der Waals surface area contributed by atoms with Crippen LogP contribution in [-0.2, 0) is 0 Å². The minimum atomic E-state index is 0.283. The lowest BCUT2D eigenvalue weighted by Gasteiger charge is -2.24. The van der Waals surface area contributed by atoms with Gasteiger partial charge in [0.05, 0.1) is 17.4 Å². The second-order valence-electron chi connectivity index (χ2n) is 6.53. The van der Waals surface area contributed by atoms with Crippen LogP contribution in [0.4, 0.5) is 0 Å². The predicted molar refractivity (Wildman–Crippen MR) is 96.9 cm³/mol. The number of phenolic OH excluding ortho intramolecular Hbond substituents is 1. The maximum Gasteiger partial charge on any atom is 0.125 e. The third kappa shape index (κ3) is 2.82. The van der Waals surface area contributed by atoms with Gasteiger partial charge in [0.2, 0.25) is 0 Å². The third-order valence-electron chi connectivity index (χ3n) is 4.91. The highest BCUT2D eigenvalue weighted by Gasteiger charge is 2.21. The van der Waals surface area contributed by atoms with E-state index in [0.717, 1.165) is 17.0 Å². The minimum Gasteiger partial charge on any atom is -0.507 e. The average Bonchev–Trinajstić information content (AvgIpc) is 3.09. The molecule has 0 amide bonds. The Morgan fingerprint density at radius 1 is 0.875 bits per heavy atom. The summed E-state index contributed by atoms with van der Waals surface area (Å²) < 4.78 is 2.19. The monoisotopic (exact) mass is 318 g/mol. The molecule has 0 spiro atoms. The normalized spacial score (nSPS) is 15.5. The molecule has 3 nitrogen and oxygen atoms in total. The van der Waals surface area contributed by atoms with E-state index >= 15 is 0 Å². The van der Waals surface area contributed by atoms with Gasteiger partial charge in [0, 0.05) is 5.56 Å². The molecule has 3 heteroatoms. The van der Waals surface area contributed by atoms with Gasteiger partial charge in [0.25, 0.3) is 0 Å². The van der Waals surface area contributed by atoms with Crippen LogP contribution in [0.3, 0.4) is 0 Å². The number of para-hydroxylation sites is 1. The molecule has 122 valence electrons. The van der Waals surface area contributed by atoms with Crippen LogP contribution in [-0.4, -0.2) is 14.9 Å². The number of nitrogens with zero attached hydrogens (tertiary/aromatic N) is 2. The highest BCUT2D eigenvalue weighted by molar-refractivity contribution is 5.72. The molecule has 3 aromatic rings. The second kappa shape index (κ2) is 6.52. The zero-order valence-electron chi connectivity index (χ0n) is 13.7. The number of hydrogen-bond acceptors (Lipinski definition) is 2. The van der Waals surface area contributed by atoms with Crippen molar-refractivity contribution in [2.24, 2.45) is 0 Å². The first-order chi connectivity index (χ1) is 11.8. The molecule has 1 aliphatic carbocycles. The zero-order valence-corrected chi connectivity index (χ0v) is 13.7. The molecule has 0 radical (unpaired) electrons. The van der Waals surface area contributed by atoms with Crippen LogP contribution in [0.1, 0.15) is 38.1 Å². The maximum absolute atomic E-state index is 10.2. The smallest absolute Gasteiger partial charge is 0.125 e. The van der Waals surface area contributed by atoms with Gasteiger partial charge >= 0.3 is 0 Å². The Morgan fingerprint density at radius 2 is 1.58 bits per heavy atom. The van der Waals surface area contributed by atoms with Gasteiger partial charge in [-0.15, -0.1) is 0 Å². The first kappa shape index (κ1) is 15.0. The molecule has 1 saturated carbocycles. The van der Waals surface area contributed by atoms with E-state index in [9.17, 15) is 5.11 Å². The van der Waals surface area contributed by atoms with Gasteiger partial charge in [-0.05, 0) is 36.6 Å². The fraction of sp³-hybridized carbons (Fsp3) is 0.286. The van der Waals surface area contributed by atoms with Gasteiger partial charge in [-0.1, -0.05) is 61.7 Å². The molecule has 0 unspecified atom stereocenters. The SMILES string of the molecule is Oc1ccccc1-c1cc(-c2ccccc2)n(C2CCCCC2)n1. The van der Waals surface area contributed by atoms with E-state index in [4.69, 9.17) is 5.10 Å². The summed E-state index contributed by atoms with van der Waals surface area (Å²) in [6.45, 7) is 0. The zero-order chi connectivity index (χ0) is 16.4. The molecule has 1 aromatic heterocycles. The molecule has 0 aliphatic heterocycles. The first-order valence-electron chi connectivity index (χ1n) is 8.76. The summed E-state index contributed by atoms with van der Waals surface area (Å²) in [6.07, 6.45) is 6.23. The van der Waals surface area contributed by atoms with Crippen LogP contribution in [0.2, 0.25) is 0 Å². The van der Waals surface area contributed by atoms with Crippen molar-refractivity contribution in [1.82, 2.24) is 9.78 Å². The summed E-state index contributed by atoms with van der Waals surface area (Å²) in [5, 5.41) is 15.1. The molecular weight excluding hydrogens is 296 g/mol. The van der Waals surface area contributed by atoms with E-state index in [1.54, 1.807) is 6.07 Å². The number of aromatic hydroxyl groups is 1. The first-order valence-corrected chi connectivity index (χ1v) is 8.76. The van der Waals surface area contributed by atoms with Gasteiger partial charge in [-0.3, -0.25) is 4.68 Å². The quantitative estimate of drug-likeness (QED) is 0.699. The number of aromatic nitrogens is 2. The van der Waals surface area contributed by atoms with E-state index < -0.39 is 0 Å². The molecule has 24 heavy (non-hydrogen) atoms. The van der Waals surface area contributed by atoms with Crippen LogP contribution < -0.4 is 0 Å². The Balaban J connectivity index is 1.83. The van der Waals surface area contributed by atoms with Crippen LogP contribution >= 0.6 is 0 Å². The van der Waals surface area contributed by atoms with Crippen molar-refractivity contribution in [3.63, 3.8) is 0 Å². The van der Waals surface area contributed by atoms with E-state index in [-0.39, 0.29) is 5.75 Å². The van der Waals surface area contributed by atoms with Crippen LogP contribution in [0.25, 0.3) is 22.5 Å². The Kier molecular flexibility index (Phi) is 4.08. The van der Waals surface area contributed by atoms with E-state index in [1.807, 2.05) is 24.3 Å². The maximum atomic E-state index is 10.2. The van der Waals surface area contributed by atoms with Crippen LogP contribution in [0.5, 0.6) is 5.75 Å². The van der Waals surface area contributed by atoms with Gasteiger partial charge < -0.3 is 5.11 Å². The van der Waals surface area contributed by atoms with Gasteiger partial charge in [-0.25, -0.2) is 0 Å². The molecule has 2 aromatic carbocycles. The molecule has 0 bridgehead atoms. The Bertz CT molecular complexity index is 817. The molecule has 1 aliphatic rings. The topological polar surface area (TPSA) is 38.0 Å². The molecule has 1 fully saturated rings. The lowest BCUT2D eigenvalue weighted by molar-refractivity contribution is 0.332. The standard InChI is InChI=1S/C21H22N2O/c24-21-14-8-7-13-18(21)19-15-20(16-9-3-1-4-10-16)23(22-19)17-11-5-2-6-12-17/h1,3-4,7-10,13-15,17,24H,2,5-6,11-12H2. The van der Waals surface area contributed by atoms with Crippen molar-refractivity contribution in [2.75, 3.05) is 0 Å². The fourth-order valence-electron chi connectivity index (χ4n) is 3.64. The van der Waals surface area contributed by atoms with Gasteiger partial charge in [-0.2, -0.15) is 5.10 Å². The third-order valence-corrected chi connectivity index (χ3v) is 4.91. The summed E-state index contributed by atoms with van der Waals surface area (Å²) in [4.78, 5) is 0. The van der Waals surface area contributed by atoms with E-state index in [2.05, 4.69) is 35.0 Å². The molecule has 0 atom stereocenters. The van der Waals surface area contributed by atoms with Crippen LogP contribution in [0, 0.1) is 0 Å². The Morgan fingerprint density at radius 3 is 2.33 bits per heavy atom. The molecule has 1 heterocycles. The molecular formula is C21H22N2O. The van der Waals surface area contributed by atoms with Crippen molar-refractivity contribution >= 4 is 0 Å². The number of phenols is 1. The van der Waals surface area contributed by atoms with Crippen molar-refractivity contribution in [1.29, 1.82) is 0 Å². The van der Waals surface area contributed by atoms with Crippen LogP contribution in [0.15, 0.2) is 60.7 Å². The average molecular weight is 318 g/mol. The lowest BCUT2D eigenvalue weighted by atomic mass is 9.95. The van der Waals surface area contributed by atoms with Crippen molar-refractivity contribution in [3.8, 4) is 28.3 Å². The van der Waals surface area contributed by atoms with Crippen molar-refractivity contribution < 1.29 is 5.11 Å². The number of benzene rings is 2. The molecule has 1 N–H and O–H groups in total. The largest absolute Gasteiger partial charge is 0.507 e. The van der Waals surface area contributed by atoms with Crippen molar-refractivity contribution in [3.05, 3.63) is 60.7 Å². The highest BCUT2D eigenvalue weighted by atomic mass is 16.3. The lowest BCUT2D eigenvalue weighted by Crippen LogP contribution is -2.15. The molecule has 0 saturated heterocycles. The Hall–Kier alpha value is -2.55. The van der Waals surface area contributed by atoms with E-state index in [1.165, 1.54) is 37.7 Å². The van der Waals surface area contributed by atoms with Crippen molar-refractivity contribution in [2.45, 2.75) is 38.1 Å². The summed E-state index contributed by atoms with van der Waals surface area (Å²) in [7, 11) is 0. The predicted octanol–water partition coefficient (Wildman–Crippen LogP) is 5.43. The fourth-order valence-corrected chi connectivity index (χ4v) is 3.64. The number of hydrogen-bond donors (Lipinski definition) is 1. The second-order valence-corrected chi connectivity index (χ2v) is 6.53. The van der Waals surface area contributed by atoms with Gasteiger partial charge in [0.1, 0.15) is 5.75 Å². The summed E-state index contributed by atoms with van der Waals surface area (Å²) >= 11 is 0.